The van der Waals surface area contributed by atoms with Gasteiger partial charge in [-0.25, -0.2) is 19.7 Å². The van der Waals surface area contributed by atoms with E-state index in [1.807, 2.05) is 36.4 Å². The van der Waals surface area contributed by atoms with Gasteiger partial charge in [0.15, 0.2) is 11.4 Å². The first-order chi connectivity index (χ1) is 19.0. The van der Waals surface area contributed by atoms with E-state index in [2.05, 4.69) is 25.5 Å². The predicted octanol–water partition coefficient (Wildman–Crippen LogP) is 5.20. The summed E-state index contributed by atoms with van der Waals surface area (Å²) in [6, 6.07) is 17.6. The van der Waals surface area contributed by atoms with E-state index in [4.69, 9.17) is 31.0 Å². The second kappa shape index (κ2) is 9.88. The Morgan fingerprint density at radius 2 is 1.79 bits per heavy atom. The van der Waals surface area contributed by atoms with Crippen LogP contribution in [0.2, 0.25) is 5.02 Å². The summed E-state index contributed by atoms with van der Waals surface area (Å²) in [5, 5.41) is 10.7. The molecule has 0 fully saturated rings. The molecule has 0 saturated heterocycles. The van der Waals surface area contributed by atoms with E-state index in [9.17, 15) is 9.59 Å². The maximum atomic E-state index is 12.8. The van der Waals surface area contributed by atoms with Gasteiger partial charge in [0.2, 0.25) is 5.88 Å². The SMILES string of the molecule is COc1ccc(OC(=O)Nc2cc3nc(-c4cc(Cl)c5[nH]ncc5c4)c(-c4ccccc4)nc3[nH]c2=O)cn1. The van der Waals surface area contributed by atoms with Crippen molar-refractivity contribution in [3.05, 3.63) is 88.4 Å². The summed E-state index contributed by atoms with van der Waals surface area (Å²) >= 11 is 6.52. The van der Waals surface area contributed by atoms with Crippen molar-refractivity contribution < 1.29 is 14.3 Å². The number of anilines is 1. The number of ether oxygens (including phenoxy) is 2. The monoisotopic (exact) mass is 539 g/mol. The zero-order chi connectivity index (χ0) is 26.9. The van der Waals surface area contributed by atoms with Crippen LogP contribution in [0.1, 0.15) is 0 Å². The van der Waals surface area contributed by atoms with Crippen molar-refractivity contribution in [3.8, 4) is 34.1 Å². The number of pyridine rings is 2. The highest BCUT2D eigenvalue weighted by Crippen LogP contribution is 2.34. The van der Waals surface area contributed by atoms with Gasteiger partial charge in [-0.2, -0.15) is 5.10 Å². The number of benzene rings is 2. The number of rotatable bonds is 5. The quantitative estimate of drug-likeness (QED) is 0.271. The molecule has 0 bridgehead atoms. The number of aromatic nitrogens is 6. The summed E-state index contributed by atoms with van der Waals surface area (Å²) in [5.74, 6) is 0.540. The molecule has 0 aliphatic carbocycles. The largest absolute Gasteiger partial charge is 0.481 e. The van der Waals surface area contributed by atoms with E-state index in [1.165, 1.54) is 25.4 Å². The maximum Gasteiger partial charge on any atom is 0.417 e. The molecule has 6 rings (SSSR count). The van der Waals surface area contributed by atoms with E-state index in [-0.39, 0.29) is 17.1 Å². The summed E-state index contributed by atoms with van der Waals surface area (Å²) in [4.78, 5) is 41.5. The van der Waals surface area contributed by atoms with Gasteiger partial charge < -0.3 is 14.5 Å². The van der Waals surface area contributed by atoms with Crippen LogP contribution in [0.5, 0.6) is 11.6 Å². The molecule has 4 heterocycles. The Bertz CT molecular complexity index is 1900. The first-order valence-corrected chi connectivity index (χ1v) is 12.0. The lowest BCUT2D eigenvalue weighted by Gasteiger charge is -2.12. The number of methoxy groups -OCH3 is 1. The Kier molecular flexibility index (Phi) is 6.10. The molecule has 3 N–H and O–H groups in total. The van der Waals surface area contributed by atoms with Gasteiger partial charge >= 0.3 is 6.09 Å². The predicted molar refractivity (Wildman–Crippen MR) is 146 cm³/mol. The van der Waals surface area contributed by atoms with Gasteiger partial charge in [-0.1, -0.05) is 41.9 Å². The number of hydrogen-bond donors (Lipinski definition) is 3. The third-order valence-corrected chi connectivity index (χ3v) is 6.17. The van der Waals surface area contributed by atoms with Crippen LogP contribution >= 0.6 is 11.6 Å². The van der Waals surface area contributed by atoms with Gasteiger partial charge in [-0.05, 0) is 24.3 Å². The Balaban J connectivity index is 1.42. The topological polar surface area (TPSA) is 148 Å². The van der Waals surface area contributed by atoms with Gasteiger partial charge in [0.25, 0.3) is 5.56 Å². The normalized spacial score (nSPS) is 11.0. The van der Waals surface area contributed by atoms with Crippen molar-refractivity contribution in [1.82, 2.24) is 30.1 Å². The Morgan fingerprint density at radius 3 is 2.56 bits per heavy atom. The highest BCUT2D eigenvalue weighted by molar-refractivity contribution is 6.35. The summed E-state index contributed by atoms with van der Waals surface area (Å²) < 4.78 is 10.2. The molecule has 0 saturated carbocycles. The van der Waals surface area contributed by atoms with Gasteiger partial charge in [0, 0.05) is 22.6 Å². The first-order valence-electron chi connectivity index (χ1n) is 11.6. The lowest BCUT2D eigenvalue weighted by molar-refractivity contribution is 0.215. The fourth-order valence-corrected chi connectivity index (χ4v) is 4.32. The van der Waals surface area contributed by atoms with Gasteiger partial charge in [-0.3, -0.25) is 15.2 Å². The lowest BCUT2D eigenvalue weighted by Crippen LogP contribution is -2.23. The molecule has 6 aromatic rings. The minimum atomic E-state index is -0.877. The minimum Gasteiger partial charge on any atom is -0.481 e. The molecule has 39 heavy (non-hydrogen) atoms. The number of nitrogens with one attached hydrogen (secondary N) is 3. The Hall–Kier alpha value is -5.29. The van der Waals surface area contributed by atoms with Crippen LogP contribution in [0.4, 0.5) is 10.5 Å². The standard InChI is InChI=1S/C27H18ClN7O4/c1-38-21-8-7-17(13-29-21)39-27(37)32-20-11-19-25(34-26(20)36)33-23(14-5-3-2-4-6-14)24(31-19)15-9-16-12-30-35-22(16)18(28)10-15/h2-13H,1H3,(H,30,35)(H,32,37)(H,33,34,36). The van der Waals surface area contributed by atoms with E-state index in [0.29, 0.717) is 38.9 Å². The molecule has 0 radical (unpaired) electrons. The molecule has 4 aromatic heterocycles. The van der Waals surface area contributed by atoms with Crippen molar-refractivity contribution in [2.45, 2.75) is 0 Å². The second-order valence-electron chi connectivity index (χ2n) is 8.38. The van der Waals surface area contributed by atoms with Crippen molar-refractivity contribution in [2.75, 3.05) is 12.4 Å². The highest BCUT2D eigenvalue weighted by atomic mass is 35.5. The van der Waals surface area contributed by atoms with Gasteiger partial charge in [0.1, 0.15) is 11.2 Å². The molecule has 1 amide bonds. The summed E-state index contributed by atoms with van der Waals surface area (Å²) in [7, 11) is 1.48. The molecule has 0 unspecified atom stereocenters. The van der Waals surface area contributed by atoms with Crippen LogP contribution in [-0.4, -0.2) is 43.3 Å². The zero-order valence-electron chi connectivity index (χ0n) is 20.2. The van der Waals surface area contributed by atoms with Crippen LogP contribution in [0, 0.1) is 0 Å². The van der Waals surface area contributed by atoms with Crippen LogP contribution in [0.25, 0.3) is 44.6 Å². The van der Waals surface area contributed by atoms with E-state index >= 15 is 0 Å². The van der Waals surface area contributed by atoms with Crippen LogP contribution in [0.3, 0.4) is 0 Å². The fourth-order valence-electron chi connectivity index (χ4n) is 4.05. The number of aromatic amines is 2. The fraction of sp³-hybridized carbons (Fsp3) is 0.0370. The highest BCUT2D eigenvalue weighted by Gasteiger charge is 2.18. The zero-order valence-corrected chi connectivity index (χ0v) is 21.0. The second-order valence-corrected chi connectivity index (χ2v) is 8.78. The molecule has 11 nitrogen and oxygen atoms in total. The molecular formula is C27H18ClN7O4. The maximum absolute atomic E-state index is 12.8. The summed E-state index contributed by atoms with van der Waals surface area (Å²) in [5.41, 5.74) is 3.23. The van der Waals surface area contributed by atoms with Crippen molar-refractivity contribution in [1.29, 1.82) is 0 Å². The number of carbonyl (C=O) groups is 1. The third-order valence-electron chi connectivity index (χ3n) is 5.87. The van der Waals surface area contributed by atoms with Crippen LogP contribution in [-0.2, 0) is 0 Å². The number of carbonyl (C=O) groups excluding carboxylic acids is 1. The average Bonchev–Trinajstić information content (AvgIpc) is 3.43. The van der Waals surface area contributed by atoms with E-state index in [0.717, 1.165) is 10.9 Å². The number of nitrogens with zero attached hydrogens (tertiary/aromatic N) is 4. The van der Waals surface area contributed by atoms with Crippen LogP contribution < -0.4 is 20.3 Å². The Labute approximate surface area is 224 Å². The van der Waals surface area contributed by atoms with Gasteiger partial charge in [0.05, 0.1) is 41.4 Å². The van der Waals surface area contributed by atoms with Crippen LogP contribution in [0.15, 0.2) is 77.9 Å². The molecule has 0 aliphatic heterocycles. The molecule has 12 heteroatoms. The Morgan fingerprint density at radius 1 is 0.974 bits per heavy atom. The number of amides is 1. The molecule has 0 spiro atoms. The summed E-state index contributed by atoms with van der Waals surface area (Å²) in [6.07, 6.45) is 2.12. The average molecular weight is 540 g/mol. The van der Waals surface area contributed by atoms with Crippen molar-refractivity contribution in [2.24, 2.45) is 0 Å². The molecule has 0 aliphatic rings. The lowest BCUT2D eigenvalue weighted by atomic mass is 10.0. The number of H-pyrrole nitrogens is 2. The summed E-state index contributed by atoms with van der Waals surface area (Å²) in [6.45, 7) is 0. The number of hydrogen-bond acceptors (Lipinski definition) is 8. The first kappa shape index (κ1) is 24.1. The number of halogens is 1. The molecular weight excluding hydrogens is 522 g/mol. The molecule has 0 atom stereocenters. The minimum absolute atomic E-state index is 0.0648. The van der Waals surface area contributed by atoms with Crippen molar-refractivity contribution in [3.63, 3.8) is 0 Å². The third kappa shape index (κ3) is 4.74. The molecule has 2 aromatic carbocycles. The van der Waals surface area contributed by atoms with E-state index in [1.54, 1.807) is 18.3 Å². The van der Waals surface area contributed by atoms with E-state index < -0.39 is 11.7 Å². The molecule has 192 valence electrons. The number of fused-ring (bicyclic) bond motifs is 2. The van der Waals surface area contributed by atoms with Crippen molar-refractivity contribution >= 4 is 45.4 Å². The smallest absolute Gasteiger partial charge is 0.417 e. The van der Waals surface area contributed by atoms with Gasteiger partial charge in [-0.15, -0.1) is 0 Å².